The van der Waals surface area contributed by atoms with E-state index >= 15 is 0 Å². The van der Waals surface area contributed by atoms with E-state index in [0.717, 1.165) is 21.3 Å². The van der Waals surface area contributed by atoms with Crippen molar-refractivity contribution < 1.29 is 4.74 Å². The third-order valence-corrected chi connectivity index (χ3v) is 3.34. The molecule has 0 aliphatic carbocycles. The van der Waals surface area contributed by atoms with Crippen molar-refractivity contribution in [2.45, 2.75) is 20.8 Å². The van der Waals surface area contributed by atoms with Gasteiger partial charge in [0.2, 0.25) is 5.88 Å². The first-order valence-corrected chi connectivity index (χ1v) is 6.63. The van der Waals surface area contributed by atoms with Gasteiger partial charge in [0.05, 0.1) is 4.47 Å². The van der Waals surface area contributed by atoms with E-state index in [1.807, 2.05) is 45.0 Å². The van der Waals surface area contributed by atoms with Gasteiger partial charge in [0.1, 0.15) is 17.4 Å². The summed E-state index contributed by atoms with van der Waals surface area (Å²) in [4.78, 5) is 4.30. The van der Waals surface area contributed by atoms with Crippen LogP contribution in [0.1, 0.15) is 22.4 Å². The summed E-state index contributed by atoms with van der Waals surface area (Å²) in [6.45, 7) is 5.76. The molecule has 1 aromatic heterocycles. The molecule has 0 saturated carbocycles. The van der Waals surface area contributed by atoms with E-state index < -0.39 is 0 Å². The van der Waals surface area contributed by atoms with Crippen molar-refractivity contribution in [1.82, 2.24) is 4.98 Å². The Morgan fingerprint density at radius 3 is 2.58 bits per heavy atom. The molecule has 0 aliphatic heterocycles. The van der Waals surface area contributed by atoms with Gasteiger partial charge in [-0.1, -0.05) is 6.07 Å². The molecule has 4 heteroatoms. The summed E-state index contributed by atoms with van der Waals surface area (Å²) in [7, 11) is 0. The highest BCUT2D eigenvalue weighted by Crippen LogP contribution is 2.32. The smallest absolute Gasteiger partial charge is 0.237 e. The number of halogens is 1. The number of hydrogen-bond donors (Lipinski definition) is 0. The van der Waals surface area contributed by atoms with Crippen LogP contribution in [0.2, 0.25) is 0 Å². The maximum Gasteiger partial charge on any atom is 0.237 e. The fourth-order valence-electron chi connectivity index (χ4n) is 1.81. The van der Waals surface area contributed by atoms with Crippen LogP contribution in [-0.4, -0.2) is 4.98 Å². The molecule has 0 radical (unpaired) electrons. The topological polar surface area (TPSA) is 45.9 Å². The molecule has 2 rings (SSSR count). The van der Waals surface area contributed by atoms with E-state index in [9.17, 15) is 5.26 Å². The largest absolute Gasteiger partial charge is 0.436 e. The number of rotatable bonds is 2. The summed E-state index contributed by atoms with van der Waals surface area (Å²) < 4.78 is 6.61. The molecule has 1 heterocycles. The normalized spacial score (nSPS) is 10.1. The lowest BCUT2D eigenvalue weighted by Crippen LogP contribution is -1.97. The van der Waals surface area contributed by atoms with E-state index in [2.05, 4.69) is 27.0 Å². The van der Waals surface area contributed by atoms with Crippen LogP contribution in [0.25, 0.3) is 0 Å². The summed E-state index contributed by atoms with van der Waals surface area (Å²) in [5, 5.41) is 9.20. The lowest BCUT2D eigenvalue weighted by atomic mass is 10.1. The van der Waals surface area contributed by atoms with E-state index in [-0.39, 0.29) is 0 Å². The second-order valence-electron chi connectivity index (χ2n) is 4.41. The standard InChI is InChI=1S/C15H13BrN2O/c1-9-4-5-14(13(16)6-9)19-15-12(8-17)10(2)7-11(3)18-15/h4-7H,1-3H3. The minimum atomic E-state index is 0.351. The Morgan fingerprint density at radius 1 is 1.21 bits per heavy atom. The van der Waals surface area contributed by atoms with Crippen molar-refractivity contribution in [3.05, 3.63) is 51.1 Å². The molecule has 0 bridgehead atoms. The zero-order chi connectivity index (χ0) is 14.0. The molecule has 0 atom stereocenters. The van der Waals surface area contributed by atoms with Crippen molar-refractivity contribution in [2.24, 2.45) is 0 Å². The molecular formula is C15H13BrN2O. The zero-order valence-corrected chi connectivity index (χ0v) is 12.6. The van der Waals surface area contributed by atoms with E-state index in [4.69, 9.17) is 4.74 Å². The van der Waals surface area contributed by atoms with Crippen LogP contribution in [-0.2, 0) is 0 Å². The highest BCUT2D eigenvalue weighted by atomic mass is 79.9. The van der Waals surface area contributed by atoms with E-state index in [1.165, 1.54) is 0 Å². The summed E-state index contributed by atoms with van der Waals surface area (Å²) in [5.74, 6) is 1.00. The first kappa shape index (κ1) is 13.6. The highest BCUT2D eigenvalue weighted by molar-refractivity contribution is 9.10. The van der Waals surface area contributed by atoms with Crippen LogP contribution in [0.15, 0.2) is 28.7 Å². The molecule has 0 amide bonds. The summed E-state index contributed by atoms with van der Waals surface area (Å²) >= 11 is 3.45. The third-order valence-electron chi connectivity index (χ3n) is 2.72. The molecule has 0 aliphatic rings. The number of ether oxygens (including phenoxy) is 1. The molecule has 0 N–H and O–H groups in total. The number of nitriles is 1. The Bertz CT molecular complexity index is 675. The molecule has 0 fully saturated rings. The third kappa shape index (κ3) is 2.94. The second kappa shape index (κ2) is 5.41. The van der Waals surface area contributed by atoms with Crippen LogP contribution in [0.5, 0.6) is 11.6 Å². The second-order valence-corrected chi connectivity index (χ2v) is 5.26. The van der Waals surface area contributed by atoms with Gasteiger partial charge in [-0.05, 0) is 66.0 Å². The first-order valence-electron chi connectivity index (χ1n) is 5.83. The Hall–Kier alpha value is -1.86. The highest BCUT2D eigenvalue weighted by Gasteiger charge is 2.12. The number of aromatic nitrogens is 1. The van der Waals surface area contributed by atoms with E-state index in [0.29, 0.717) is 17.2 Å². The fourth-order valence-corrected chi connectivity index (χ4v) is 2.38. The van der Waals surface area contributed by atoms with Crippen LogP contribution in [0.3, 0.4) is 0 Å². The number of aryl methyl sites for hydroxylation is 3. The minimum Gasteiger partial charge on any atom is -0.436 e. The van der Waals surface area contributed by atoms with Gasteiger partial charge in [0.15, 0.2) is 0 Å². The van der Waals surface area contributed by atoms with Gasteiger partial charge < -0.3 is 4.74 Å². The number of hydrogen-bond acceptors (Lipinski definition) is 3. The Kier molecular flexibility index (Phi) is 3.87. The Morgan fingerprint density at radius 2 is 1.95 bits per heavy atom. The number of benzene rings is 1. The van der Waals surface area contributed by atoms with Crippen LogP contribution < -0.4 is 4.74 Å². The van der Waals surface area contributed by atoms with Crippen LogP contribution >= 0.6 is 15.9 Å². The molecule has 2 aromatic rings. The molecule has 0 unspecified atom stereocenters. The van der Waals surface area contributed by atoms with Crippen molar-refractivity contribution >= 4 is 15.9 Å². The van der Waals surface area contributed by atoms with Gasteiger partial charge in [-0.2, -0.15) is 5.26 Å². The monoisotopic (exact) mass is 316 g/mol. The first-order chi connectivity index (χ1) is 9.01. The molecule has 0 saturated heterocycles. The average molecular weight is 317 g/mol. The predicted molar refractivity (Wildman–Crippen MR) is 77.4 cm³/mol. The van der Waals surface area contributed by atoms with Crippen LogP contribution in [0.4, 0.5) is 0 Å². The maximum absolute atomic E-state index is 9.20. The number of nitrogens with zero attached hydrogens (tertiary/aromatic N) is 2. The summed E-state index contributed by atoms with van der Waals surface area (Å²) in [5.41, 5.74) is 3.30. The fraction of sp³-hybridized carbons (Fsp3) is 0.200. The van der Waals surface area contributed by atoms with Crippen LogP contribution in [0, 0.1) is 32.1 Å². The molecule has 96 valence electrons. The van der Waals surface area contributed by atoms with Gasteiger partial charge in [0, 0.05) is 5.69 Å². The van der Waals surface area contributed by atoms with Gasteiger partial charge in [-0.25, -0.2) is 4.98 Å². The predicted octanol–water partition coefficient (Wildman–Crippen LogP) is 4.43. The van der Waals surface area contributed by atoms with Crippen molar-refractivity contribution in [1.29, 1.82) is 5.26 Å². The summed E-state index contributed by atoms with van der Waals surface area (Å²) in [6, 6.07) is 9.79. The number of pyridine rings is 1. The molecule has 19 heavy (non-hydrogen) atoms. The van der Waals surface area contributed by atoms with Gasteiger partial charge in [-0.15, -0.1) is 0 Å². The Balaban J connectivity index is 2.46. The zero-order valence-electron chi connectivity index (χ0n) is 11.0. The molecular weight excluding hydrogens is 304 g/mol. The van der Waals surface area contributed by atoms with Crippen molar-refractivity contribution in [2.75, 3.05) is 0 Å². The van der Waals surface area contributed by atoms with Gasteiger partial charge >= 0.3 is 0 Å². The lowest BCUT2D eigenvalue weighted by Gasteiger charge is -2.11. The Labute approximate surface area is 121 Å². The van der Waals surface area contributed by atoms with Crippen molar-refractivity contribution in [3.8, 4) is 17.7 Å². The summed E-state index contributed by atoms with van der Waals surface area (Å²) in [6.07, 6.45) is 0. The minimum absolute atomic E-state index is 0.351. The molecule has 0 spiro atoms. The molecule has 3 nitrogen and oxygen atoms in total. The quantitative estimate of drug-likeness (QED) is 0.823. The van der Waals surface area contributed by atoms with Crippen molar-refractivity contribution in [3.63, 3.8) is 0 Å². The lowest BCUT2D eigenvalue weighted by molar-refractivity contribution is 0.456. The van der Waals surface area contributed by atoms with Gasteiger partial charge in [0.25, 0.3) is 0 Å². The SMILES string of the molecule is Cc1ccc(Oc2nc(C)cc(C)c2C#N)c(Br)c1. The maximum atomic E-state index is 9.20. The average Bonchev–Trinajstić information content (AvgIpc) is 2.32. The molecule has 1 aromatic carbocycles. The van der Waals surface area contributed by atoms with Gasteiger partial charge in [-0.3, -0.25) is 0 Å². The van der Waals surface area contributed by atoms with E-state index in [1.54, 1.807) is 0 Å².